The monoisotopic (exact) mass is 307 g/mol. The molecular weight excluding hydrogens is 286 g/mol. The molecule has 0 aliphatic carbocycles. The molecule has 7 heteroatoms. The van der Waals surface area contributed by atoms with Crippen LogP contribution in [-0.4, -0.2) is 52.4 Å². The first-order chi connectivity index (χ1) is 10.5. The molecule has 0 aliphatic heterocycles. The number of carbonyl (C=O) groups excluding carboxylic acids is 2. The molecule has 0 radical (unpaired) electrons. The van der Waals surface area contributed by atoms with Crippen LogP contribution in [0.4, 0.5) is 0 Å². The van der Waals surface area contributed by atoms with Crippen LogP contribution in [0.3, 0.4) is 0 Å². The summed E-state index contributed by atoms with van der Waals surface area (Å²) in [5.74, 6) is -1.49. The quantitative estimate of drug-likeness (QED) is 0.702. The number of carboxylic acids is 1. The van der Waals surface area contributed by atoms with Gasteiger partial charge in [0.25, 0.3) is 5.91 Å². The Morgan fingerprint density at radius 2 is 1.95 bits per heavy atom. The number of aromatic carboxylic acids is 1. The number of carbonyl (C=O) groups is 3. The predicted octanol–water partition coefficient (Wildman–Crippen LogP) is 1.16. The van der Waals surface area contributed by atoms with Gasteiger partial charge in [0.15, 0.2) is 0 Å². The largest absolute Gasteiger partial charge is 0.477 e. The summed E-state index contributed by atoms with van der Waals surface area (Å²) in [5.41, 5.74) is 0.0619. The van der Waals surface area contributed by atoms with E-state index in [1.807, 2.05) is 13.8 Å². The summed E-state index contributed by atoms with van der Waals surface area (Å²) in [5, 5.41) is 11.5. The number of hydrogen-bond acceptors (Lipinski definition) is 4. The highest BCUT2D eigenvalue weighted by Crippen LogP contribution is 2.02. The molecular formula is C15H21N3O4. The SMILES string of the molecule is CCN(CC)C(=O)CCCNC(=O)c1ccnc(C(=O)O)c1. The van der Waals surface area contributed by atoms with Crippen LogP contribution < -0.4 is 5.32 Å². The lowest BCUT2D eigenvalue weighted by Crippen LogP contribution is -2.31. The summed E-state index contributed by atoms with van der Waals surface area (Å²) >= 11 is 0. The highest BCUT2D eigenvalue weighted by Gasteiger charge is 2.11. The lowest BCUT2D eigenvalue weighted by molar-refractivity contribution is -0.130. The third-order valence-corrected chi connectivity index (χ3v) is 3.21. The van der Waals surface area contributed by atoms with Gasteiger partial charge in [-0.1, -0.05) is 0 Å². The number of nitrogens with zero attached hydrogens (tertiary/aromatic N) is 2. The van der Waals surface area contributed by atoms with E-state index in [2.05, 4.69) is 10.3 Å². The second kappa shape index (κ2) is 8.76. The van der Waals surface area contributed by atoms with Crippen LogP contribution >= 0.6 is 0 Å². The Hall–Kier alpha value is -2.44. The maximum atomic E-state index is 11.9. The first-order valence-electron chi connectivity index (χ1n) is 7.24. The third-order valence-electron chi connectivity index (χ3n) is 3.21. The van der Waals surface area contributed by atoms with Crippen LogP contribution in [0, 0.1) is 0 Å². The fourth-order valence-electron chi connectivity index (χ4n) is 1.97. The zero-order valence-corrected chi connectivity index (χ0v) is 12.8. The number of amides is 2. The van der Waals surface area contributed by atoms with Gasteiger partial charge in [0.05, 0.1) is 0 Å². The van der Waals surface area contributed by atoms with Crippen molar-refractivity contribution in [2.45, 2.75) is 26.7 Å². The third kappa shape index (κ3) is 5.16. The fraction of sp³-hybridized carbons (Fsp3) is 0.467. The number of aromatic nitrogens is 1. The maximum Gasteiger partial charge on any atom is 0.354 e. The number of carboxylic acid groups (broad SMARTS) is 1. The molecule has 0 saturated carbocycles. The van der Waals surface area contributed by atoms with Crippen LogP contribution in [0.5, 0.6) is 0 Å². The van der Waals surface area contributed by atoms with E-state index in [1.54, 1.807) is 4.90 Å². The lowest BCUT2D eigenvalue weighted by atomic mass is 10.2. The molecule has 2 amide bonds. The van der Waals surface area contributed by atoms with Crippen LogP contribution in [0.25, 0.3) is 0 Å². The van der Waals surface area contributed by atoms with Gasteiger partial charge in [-0.3, -0.25) is 9.59 Å². The molecule has 0 spiro atoms. The van der Waals surface area contributed by atoms with Gasteiger partial charge in [0.1, 0.15) is 5.69 Å². The zero-order chi connectivity index (χ0) is 16.5. The first kappa shape index (κ1) is 17.6. The van der Waals surface area contributed by atoms with Gasteiger partial charge in [-0.2, -0.15) is 0 Å². The van der Waals surface area contributed by atoms with Crippen molar-refractivity contribution in [2.24, 2.45) is 0 Å². The van der Waals surface area contributed by atoms with Crippen molar-refractivity contribution in [3.05, 3.63) is 29.6 Å². The Morgan fingerprint density at radius 1 is 1.27 bits per heavy atom. The summed E-state index contributed by atoms with van der Waals surface area (Å²) in [4.78, 5) is 39.8. The number of hydrogen-bond donors (Lipinski definition) is 2. The molecule has 0 unspecified atom stereocenters. The van der Waals surface area contributed by atoms with E-state index in [4.69, 9.17) is 5.11 Å². The van der Waals surface area contributed by atoms with Crippen molar-refractivity contribution < 1.29 is 19.5 Å². The molecule has 1 heterocycles. The minimum absolute atomic E-state index is 0.0660. The first-order valence-corrected chi connectivity index (χ1v) is 7.24. The Bertz CT molecular complexity index is 541. The standard InChI is InChI=1S/C15H21N3O4/c1-3-18(4-2)13(19)6-5-8-17-14(20)11-7-9-16-12(10-11)15(21)22/h7,9-10H,3-6,8H2,1-2H3,(H,17,20)(H,21,22). The van der Waals surface area contributed by atoms with Gasteiger partial charge in [0, 0.05) is 37.8 Å². The molecule has 0 atom stereocenters. The molecule has 120 valence electrons. The second-order valence-corrected chi connectivity index (χ2v) is 4.66. The van der Waals surface area contributed by atoms with Gasteiger partial charge in [-0.25, -0.2) is 9.78 Å². The maximum absolute atomic E-state index is 11.9. The molecule has 0 aliphatic rings. The molecule has 0 saturated heterocycles. The van der Waals surface area contributed by atoms with Crippen LogP contribution in [0.1, 0.15) is 47.5 Å². The second-order valence-electron chi connectivity index (χ2n) is 4.66. The molecule has 0 fully saturated rings. The smallest absolute Gasteiger partial charge is 0.354 e. The van der Waals surface area contributed by atoms with E-state index in [-0.39, 0.29) is 23.1 Å². The Balaban J connectivity index is 2.42. The van der Waals surface area contributed by atoms with E-state index in [0.717, 1.165) is 0 Å². The van der Waals surface area contributed by atoms with Crippen molar-refractivity contribution >= 4 is 17.8 Å². The Labute approximate surface area is 129 Å². The van der Waals surface area contributed by atoms with Crippen LogP contribution in [0.2, 0.25) is 0 Å². The topological polar surface area (TPSA) is 99.6 Å². The van der Waals surface area contributed by atoms with E-state index < -0.39 is 5.97 Å². The van der Waals surface area contributed by atoms with Crippen LogP contribution in [0.15, 0.2) is 18.3 Å². The van der Waals surface area contributed by atoms with Gasteiger partial charge in [0.2, 0.25) is 5.91 Å². The Kier molecular flexibility index (Phi) is 7.01. The highest BCUT2D eigenvalue weighted by molar-refractivity contribution is 5.96. The number of rotatable bonds is 8. The summed E-state index contributed by atoms with van der Waals surface area (Å²) in [6.45, 7) is 5.56. The van der Waals surface area contributed by atoms with E-state index >= 15 is 0 Å². The van der Waals surface area contributed by atoms with Gasteiger partial charge in [-0.15, -0.1) is 0 Å². The predicted molar refractivity (Wildman–Crippen MR) is 80.7 cm³/mol. The van der Waals surface area contributed by atoms with Crippen molar-refractivity contribution in [1.29, 1.82) is 0 Å². The van der Waals surface area contributed by atoms with Gasteiger partial charge >= 0.3 is 5.97 Å². The van der Waals surface area contributed by atoms with Crippen molar-refractivity contribution in [2.75, 3.05) is 19.6 Å². The van der Waals surface area contributed by atoms with Gasteiger partial charge in [-0.05, 0) is 32.4 Å². The number of pyridine rings is 1. The summed E-state index contributed by atoms with van der Waals surface area (Å²) in [7, 11) is 0. The van der Waals surface area contributed by atoms with E-state index in [1.165, 1.54) is 18.3 Å². The van der Waals surface area contributed by atoms with Crippen molar-refractivity contribution in [1.82, 2.24) is 15.2 Å². The fourth-order valence-corrected chi connectivity index (χ4v) is 1.97. The van der Waals surface area contributed by atoms with E-state index in [9.17, 15) is 14.4 Å². The minimum atomic E-state index is -1.18. The minimum Gasteiger partial charge on any atom is -0.477 e. The van der Waals surface area contributed by atoms with Crippen LogP contribution in [-0.2, 0) is 4.79 Å². The number of nitrogens with one attached hydrogen (secondary N) is 1. The average molecular weight is 307 g/mol. The molecule has 1 aromatic rings. The highest BCUT2D eigenvalue weighted by atomic mass is 16.4. The summed E-state index contributed by atoms with van der Waals surface area (Å²) in [6, 6.07) is 2.67. The molecule has 2 N–H and O–H groups in total. The normalized spacial score (nSPS) is 10.1. The summed E-state index contributed by atoms with van der Waals surface area (Å²) < 4.78 is 0. The molecule has 1 rings (SSSR count). The molecule has 7 nitrogen and oxygen atoms in total. The Morgan fingerprint density at radius 3 is 2.55 bits per heavy atom. The van der Waals surface area contributed by atoms with Crippen molar-refractivity contribution in [3.8, 4) is 0 Å². The molecule has 22 heavy (non-hydrogen) atoms. The molecule has 0 aromatic carbocycles. The van der Waals surface area contributed by atoms with Crippen molar-refractivity contribution in [3.63, 3.8) is 0 Å². The average Bonchev–Trinajstić information content (AvgIpc) is 2.52. The van der Waals surface area contributed by atoms with E-state index in [0.29, 0.717) is 32.5 Å². The van der Waals surface area contributed by atoms with Gasteiger partial charge < -0.3 is 15.3 Å². The zero-order valence-electron chi connectivity index (χ0n) is 12.8. The lowest BCUT2D eigenvalue weighted by Gasteiger charge is -2.18. The molecule has 1 aromatic heterocycles. The molecule has 0 bridgehead atoms. The summed E-state index contributed by atoms with van der Waals surface area (Å²) in [6.07, 6.45) is 2.19.